The van der Waals surface area contributed by atoms with Crippen molar-refractivity contribution in [1.82, 2.24) is 3.53 Å². The highest BCUT2D eigenvalue weighted by Gasteiger charge is 2.17. The van der Waals surface area contributed by atoms with Crippen molar-refractivity contribution in [3.8, 4) is 0 Å². The predicted octanol–water partition coefficient (Wildman–Crippen LogP) is 2.81. The Morgan fingerprint density at radius 2 is 1.58 bits per heavy atom. The van der Waals surface area contributed by atoms with Crippen LogP contribution in [-0.4, -0.2) is 5.91 Å². The van der Waals surface area contributed by atoms with Crippen LogP contribution in [0.4, 0.5) is 0 Å². The Kier molecular flexibility index (Phi) is 4.95. The number of carbonyl (C=O) groups is 1. The Bertz CT molecular complexity index is 141. The van der Waals surface area contributed by atoms with Crippen LogP contribution in [-0.2, 0) is 4.79 Å². The van der Waals surface area contributed by atoms with E-state index in [0.29, 0.717) is 5.92 Å². The summed E-state index contributed by atoms with van der Waals surface area (Å²) in [5.74, 6) is 0.528. The van der Waals surface area contributed by atoms with E-state index in [1.165, 1.54) is 32.1 Å². The zero-order chi connectivity index (χ0) is 8.81. The Morgan fingerprint density at radius 3 is 2.08 bits per heavy atom. The van der Waals surface area contributed by atoms with E-state index >= 15 is 0 Å². The monoisotopic (exact) mass is 281 g/mol. The molecule has 1 aliphatic carbocycles. The van der Waals surface area contributed by atoms with E-state index in [0.717, 1.165) is 12.8 Å². The van der Waals surface area contributed by atoms with Gasteiger partial charge in [0.25, 0.3) is 0 Å². The number of hydrogen-bond acceptors (Lipinski definition) is 1. The third-order valence-electron chi connectivity index (χ3n) is 2.57. The van der Waals surface area contributed by atoms with Gasteiger partial charge in [0.1, 0.15) is 0 Å². The quantitative estimate of drug-likeness (QED) is 0.581. The maximum Gasteiger partial charge on any atom is 0.231 e. The molecule has 0 radical (unpaired) electrons. The number of rotatable bonds is 1. The summed E-state index contributed by atoms with van der Waals surface area (Å²) in [6, 6.07) is 0. The minimum Gasteiger partial charge on any atom is -0.299 e. The fourth-order valence-corrected chi connectivity index (χ4v) is 2.24. The topological polar surface area (TPSA) is 29.1 Å². The molecule has 1 N–H and O–H groups in total. The summed E-state index contributed by atoms with van der Waals surface area (Å²) in [5, 5.41) is 0. The molecule has 70 valence electrons. The number of halogens is 1. The number of amides is 1. The van der Waals surface area contributed by atoms with Crippen molar-refractivity contribution in [1.29, 1.82) is 0 Å². The molecule has 0 heterocycles. The minimum absolute atomic E-state index is 0.234. The van der Waals surface area contributed by atoms with Crippen LogP contribution in [0, 0.1) is 5.92 Å². The van der Waals surface area contributed by atoms with E-state index in [4.69, 9.17) is 0 Å². The second-order valence-corrected chi connectivity index (χ2v) is 4.04. The van der Waals surface area contributed by atoms with Gasteiger partial charge >= 0.3 is 0 Å². The van der Waals surface area contributed by atoms with Gasteiger partial charge in [-0.05, 0) is 12.8 Å². The van der Waals surface area contributed by atoms with Crippen LogP contribution in [0.15, 0.2) is 0 Å². The molecule has 0 spiro atoms. The molecule has 3 heteroatoms. The van der Waals surface area contributed by atoms with Crippen molar-refractivity contribution in [3.05, 3.63) is 0 Å². The fraction of sp³-hybridized carbons (Fsp3) is 0.889. The summed E-state index contributed by atoms with van der Waals surface area (Å²) in [7, 11) is 0. The lowest BCUT2D eigenvalue weighted by atomic mass is 9.91. The zero-order valence-corrected chi connectivity index (χ0v) is 9.47. The highest BCUT2D eigenvalue weighted by atomic mass is 127. The smallest absolute Gasteiger partial charge is 0.231 e. The lowest BCUT2D eigenvalue weighted by Gasteiger charge is -2.17. The fourth-order valence-electron chi connectivity index (χ4n) is 1.80. The van der Waals surface area contributed by atoms with Gasteiger partial charge in [-0.15, -0.1) is 0 Å². The molecule has 0 aromatic heterocycles. The average molecular weight is 281 g/mol. The first kappa shape index (κ1) is 10.3. The molecule has 0 aromatic carbocycles. The minimum atomic E-state index is 0.234. The van der Waals surface area contributed by atoms with Crippen LogP contribution in [0.3, 0.4) is 0 Å². The second kappa shape index (κ2) is 5.78. The molecule has 0 saturated heterocycles. The summed E-state index contributed by atoms with van der Waals surface area (Å²) in [5.41, 5.74) is 0. The van der Waals surface area contributed by atoms with Crippen LogP contribution in [0.5, 0.6) is 0 Å². The highest BCUT2D eigenvalue weighted by Crippen LogP contribution is 2.22. The van der Waals surface area contributed by atoms with Gasteiger partial charge < -0.3 is 0 Å². The van der Waals surface area contributed by atoms with Crippen LogP contribution < -0.4 is 3.53 Å². The lowest BCUT2D eigenvalue weighted by Crippen LogP contribution is -2.23. The molecule has 0 bridgehead atoms. The molecule has 0 aliphatic heterocycles. The Labute approximate surface area is 88.0 Å². The van der Waals surface area contributed by atoms with Crippen molar-refractivity contribution in [3.63, 3.8) is 0 Å². The van der Waals surface area contributed by atoms with Gasteiger partial charge in [0.2, 0.25) is 5.91 Å². The lowest BCUT2D eigenvalue weighted by molar-refractivity contribution is -0.123. The van der Waals surface area contributed by atoms with Gasteiger partial charge in [-0.3, -0.25) is 8.32 Å². The number of hydrogen-bond donors (Lipinski definition) is 1. The van der Waals surface area contributed by atoms with Crippen molar-refractivity contribution in [2.45, 2.75) is 44.9 Å². The average Bonchev–Trinajstić information content (AvgIpc) is 2.02. The van der Waals surface area contributed by atoms with Gasteiger partial charge in [-0.25, -0.2) is 0 Å². The van der Waals surface area contributed by atoms with E-state index in [2.05, 4.69) is 3.53 Å². The molecule has 0 atom stereocenters. The van der Waals surface area contributed by atoms with Gasteiger partial charge in [-0.2, -0.15) is 0 Å². The molecule has 0 aromatic rings. The summed E-state index contributed by atoms with van der Waals surface area (Å²) in [6.45, 7) is 0. The van der Waals surface area contributed by atoms with E-state index < -0.39 is 0 Å². The molecular weight excluding hydrogens is 265 g/mol. The van der Waals surface area contributed by atoms with Gasteiger partial charge in [-0.1, -0.05) is 32.1 Å². The van der Waals surface area contributed by atoms with Crippen LogP contribution in [0.2, 0.25) is 0 Å². The molecule has 1 amide bonds. The second-order valence-electron chi connectivity index (χ2n) is 3.50. The summed E-state index contributed by atoms with van der Waals surface area (Å²) < 4.78 is 2.71. The third kappa shape index (κ3) is 3.29. The highest BCUT2D eigenvalue weighted by molar-refractivity contribution is 14.1. The molecule has 1 aliphatic rings. The van der Waals surface area contributed by atoms with Crippen molar-refractivity contribution >= 4 is 28.8 Å². The molecular formula is C9H16INO. The predicted molar refractivity (Wildman–Crippen MR) is 58.0 cm³/mol. The number of nitrogens with one attached hydrogen (secondary N) is 1. The van der Waals surface area contributed by atoms with Crippen molar-refractivity contribution in [2.24, 2.45) is 5.92 Å². The SMILES string of the molecule is O=C(NI)C1CCCCCCC1. The molecule has 2 nitrogen and oxygen atoms in total. The first-order chi connectivity index (χ1) is 5.84. The van der Waals surface area contributed by atoms with Crippen LogP contribution >= 0.6 is 22.9 Å². The molecule has 12 heavy (non-hydrogen) atoms. The van der Waals surface area contributed by atoms with E-state index in [1.54, 1.807) is 0 Å². The summed E-state index contributed by atoms with van der Waals surface area (Å²) >= 11 is 1.94. The Morgan fingerprint density at radius 1 is 1.08 bits per heavy atom. The van der Waals surface area contributed by atoms with Crippen LogP contribution in [0.25, 0.3) is 0 Å². The normalized spacial score (nSPS) is 21.1. The summed E-state index contributed by atoms with van der Waals surface area (Å²) in [6.07, 6.45) is 8.63. The Hall–Kier alpha value is 0.200. The molecule has 1 fully saturated rings. The third-order valence-corrected chi connectivity index (χ3v) is 3.10. The van der Waals surface area contributed by atoms with Crippen molar-refractivity contribution in [2.75, 3.05) is 0 Å². The summed E-state index contributed by atoms with van der Waals surface area (Å²) in [4.78, 5) is 11.3. The van der Waals surface area contributed by atoms with Crippen molar-refractivity contribution < 1.29 is 4.79 Å². The molecule has 0 unspecified atom stereocenters. The first-order valence-corrected chi connectivity index (χ1v) is 5.83. The standard InChI is InChI=1S/C9H16INO/c10-11-9(12)8-6-4-2-1-3-5-7-8/h8H,1-7H2,(H,11,12). The van der Waals surface area contributed by atoms with E-state index in [-0.39, 0.29) is 5.91 Å². The van der Waals surface area contributed by atoms with Gasteiger partial charge in [0.05, 0.1) is 22.9 Å². The Balaban J connectivity index is 2.34. The first-order valence-electron chi connectivity index (χ1n) is 4.75. The van der Waals surface area contributed by atoms with E-state index in [9.17, 15) is 4.79 Å². The molecule has 1 saturated carbocycles. The van der Waals surface area contributed by atoms with Crippen LogP contribution in [0.1, 0.15) is 44.9 Å². The maximum atomic E-state index is 11.3. The van der Waals surface area contributed by atoms with E-state index in [1.807, 2.05) is 22.9 Å². The largest absolute Gasteiger partial charge is 0.299 e. The van der Waals surface area contributed by atoms with Gasteiger partial charge in [0, 0.05) is 5.92 Å². The zero-order valence-electron chi connectivity index (χ0n) is 7.31. The number of carbonyl (C=O) groups excluding carboxylic acids is 1. The van der Waals surface area contributed by atoms with Gasteiger partial charge in [0.15, 0.2) is 0 Å². The molecule has 1 rings (SSSR count). The maximum absolute atomic E-state index is 11.3.